The number of carbonyl (C=O) groups excluding carboxylic acids is 2. The van der Waals surface area contributed by atoms with Crippen LogP contribution in [-0.2, 0) is 9.53 Å². The molecule has 0 aromatic heterocycles. The lowest BCUT2D eigenvalue weighted by atomic mass is 9.82. The predicted molar refractivity (Wildman–Crippen MR) is 166 cm³/mol. The van der Waals surface area contributed by atoms with E-state index in [1.165, 1.54) is 5.56 Å². The first-order valence-corrected chi connectivity index (χ1v) is 16.2. The fourth-order valence-corrected chi connectivity index (χ4v) is 8.14. The average Bonchev–Trinajstić information content (AvgIpc) is 3.76. The van der Waals surface area contributed by atoms with E-state index in [4.69, 9.17) is 19.6 Å². The van der Waals surface area contributed by atoms with E-state index >= 15 is 0 Å². The van der Waals surface area contributed by atoms with E-state index in [1.807, 2.05) is 12.1 Å². The van der Waals surface area contributed by atoms with Gasteiger partial charge in [-0.15, -0.1) is 0 Å². The van der Waals surface area contributed by atoms with Crippen molar-refractivity contribution in [2.24, 2.45) is 11.8 Å². The quantitative estimate of drug-likeness (QED) is 0.422. The molecule has 5 heterocycles. The van der Waals surface area contributed by atoms with Crippen LogP contribution < -0.4 is 20.1 Å². The molecule has 2 fully saturated rings. The van der Waals surface area contributed by atoms with E-state index in [9.17, 15) is 9.59 Å². The lowest BCUT2D eigenvalue weighted by molar-refractivity contribution is -0.135. The zero-order valence-electron chi connectivity index (χ0n) is 26.2. The monoisotopic (exact) mass is 600 g/mol. The zero-order chi connectivity index (χ0) is 30.8. The molecule has 1 saturated carbocycles. The van der Waals surface area contributed by atoms with Crippen LogP contribution in [0.1, 0.15) is 111 Å². The van der Waals surface area contributed by atoms with Gasteiger partial charge in [0.15, 0.2) is 5.96 Å². The molecular weight excluding hydrogens is 556 g/mol. The van der Waals surface area contributed by atoms with Crippen LogP contribution in [0.25, 0.3) is 0 Å². The van der Waals surface area contributed by atoms with Crippen molar-refractivity contribution in [2.75, 3.05) is 20.3 Å². The molecule has 9 nitrogen and oxygen atoms in total. The van der Waals surface area contributed by atoms with Gasteiger partial charge in [0.1, 0.15) is 17.1 Å². The molecule has 3 N–H and O–H groups in total. The zero-order valence-corrected chi connectivity index (χ0v) is 26.2. The summed E-state index contributed by atoms with van der Waals surface area (Å²) in [4.78, 5) is 29.6. The Labute approximate surface area is 259 Å². The van der Waals surface area contributed by atoms with Crippen molar-refractivity contribution in [1.82, 2.24) is 15.5 Å². The van der Waals surface area contributed by atoms with Gasteiger partial charge in [0, 0.05) is 41.7 Å². The van der Waals surface area contributed by atoms with Gasteiger partial charge in [-0.05, 0) is 87.3 Å². The van der Waals surface area contributed by atoms with Crippen LogP contribution in [0.2, 0.25) is 0 Å². The molecule has 0 radical (unpaired) electrons. The van der Waals surface area contributed by atoms with Crippen LogP contribution in [0.4, 0.5) is 0 Å². The van der Waals surface area contributed by atoms with Gasteiger partial charge < -0.3 is 24.8 Å². The molecule has 6 aliphatic rings. The fourth-order valence-electron chi connectivity index (χ4n) is 8.14. The molecule has 2 aromatic carbocycles. The molecule has 5 aliphatic heterocycles. The van der Waals surface area contributed by atoms with Crippen LogP contribution in [-0.4, -0.2) is 54.1 Å². The molecule has 44 heavy (non-hydrogen) atoms. The number of rotatable bonds is 3. The van der Waals surface area contributed by atoms with Gasteiger partial charge in [-0.2, -0.15) is 0 Å². The van der Waals surface area contributed by atoms with Crippen LogP contribution >= 0.6 is 0 Å². The van der Waals surface area contributed by atoms with Gasteiger partial charge in [0.2, 0.25) is 5.91 Å². The third-order valence-corrected chi connectivity index (χ3v) is 10.6. The van der Waals surface area contributed by atoms with Crippen LogP contribution in [0.15, 0.2) is 36.4 Å². The van der Waals surface area contributed by atoms with Crippen molar-refractivity contribution >= 4 is 17.8 Å². The van der Waals surface area contributed by atoms with E-state index in [0.29, 0.717) is 49.2 Å². The maximum atomic E-state index is 14.0. The van der Waals surface area contributed by atoms with Crippen molar-refractivity contribution < 1.29 is 23.8 Å². The largest absolute Gasteiger partial charge is 0.493 e. The summed E-state index contributed by atoms with van der Waals surface area (Å²) in [5.74, 6) is 2.21. The van der Waals surface area contributed by atoms with E-state index in [-0.39, 0.29) is 29.7 Å². The summed E-state index contributed by atoms with van der Waals surface area (Å²) in [6.07, 6.45) is 5.83. The highest BCUT2D eigenvalue weighted by Crippen LogP contribution is 2.53. The molecule has 8 rings (SSSR count). The first kappa shape index (κ1) is 29.1. The number of amides is 2. The van der Waals surface area contributed by atoms with Crippen LogP contribution in [0, 0.1) is 17.2 Å². The predicted octanol–water partition coefficient (Wildman–Crippen LogP) is 5.61. The first-order valence-electron chi connectivity index (χ1n) is 16.2. The summed E-state index contributed by atoms with van der Waals surface area (Å²) in [6, 6.07) is 11.3. The lowest BCUT2D eigenvalue weighted by Crippen LogP contribution is -2.64. The van der Waals surface area contributed by atoms with Gasteiger partial charge in [0.05, 0.1) is 31.7 Å². The highest BCUT2D eigenvalue weighted by molar-refractivity contribution is 6.00. The highest BCUT2D eigenvalue weighted by Gasteiger charge is 2.48. The number of nitrogens with one attached hydrogen (secondary N) is 3. The van der Waals surface area contributed by atoms with Crippen molar-refractivity contribution in [3.05, 3.63) is 58.7 Å². The maximum absolute atomic E-state index is 14.0. The summed E-state index contributed by atoms with van der Waals surface area (Å²) in [6.45, 7) is 6.93. The number of guanidine groups is 1. The minimum absolute atomic E-state index is 0.0698. The van der Waals surface area contributed by atoms with E-state index in [1.54, 1.807) is 18.1 Å². The number of methoxy groups -OCH3 is 1. The van der Waals surface area contributed by atoms with Crippen LogP contribution in [0.3, 0.4) is 0 Å². The van der Waals surface area contributed by atoms with Crippen molar-refractivity contribution in [3.63, 3.8) is 0 Å². The Hall–Kier alpha value is -3.59. The Bertz CT molecular complexity index is 1490. The van der Waals surface area contributed by atoms with E-state index in [0.717, 1.165) is 49.0 Å². The molecular formula is C35H44N4O5. The second-order valence-corrected chi connectivity index (χ2v) is 14.2. The number of fused-ring (bicyclic) bond motifs is 5. The Morgan fingerprint density at radius 1 is 1.11 bits per heavy atom. The number of hydrogen-bond acceptors (Lipinski definition) is 6. The molecule has 6 atom stereocenters. The smallest absolute Gasteiger partial charge is 0.251 e. The van der Waals surface area contributed by atoms with E-state index in [2.05, 4.69) is 49.6 Å². The molecule has 9 heteroatoms. The SMILES string of the molecule is CCC12CCCC3CC3c3ccc4c(c3)C(CC(C)(C)O4)NC(=O)c3ccc4c(c3)C(C(COC)CO4)N(C(=N)N1)C(=O)C2. The van der Waals surface area contributed by atoms with Crippen molar-refractivity contribution in [3.8, 4) is 11.5 Å². The number of benzene rings is 2. The molecule has 0 spiro atoms. The Morgan fingerprint density at radius 2 is 1.93 bits per heavy atom. The summed E-state index contributed by atoms with van der Waals surface area (Å²) in [5.41, 5.74) is 2.69. The number of ether oxygens (including phenoxy) is 3. The molecule has 2 amide bonds. The van der Waals surface area contributed by atoms with Gasteiger partial charge in [-0.3, -0.25) is 19.9 Å². The third kappa shape index (κ3) is 5.13. The van der Waals surface area contributed by atoms with Crippen molar-refractivity contribution in [2.45, 2.75) is 94.9 Å². The average molecular weight is 601 g/mol. The topological polar surface area (TPSA) is 113 Å². The third-order valence-electron chi connectivity index (χ3n) is 10.6. The van der Waals surface area contributed by atoms with Crippen LogP contribution in [0.5, 0.6) is 11.5 Å². The maximum Gasteiger partial charge on any atom is 0.251 e. The minimum atomic E-state index is -0.492. The lowest BCUT2D eigenvalue weighted by Gasteiger charge is -2.48. The molecule has 234 valence electrons. The molecule has 2 aromatic rings. The minimum Gasteiger partial charge on any atom is -0.493 e. The number of hydrogen-bond donors (Lipinski definition) is 3. The van der Waals surface area contributed by atoms with Gasteiger partial charge in [-0.25, -0.2) is 0 Å². The summed E-state index contributed by atoms with van der Waals surface area (Å²) in [5, 5.41) is 16.0. The molecule has 6 bridgehead atoms. The van der Waals surface area contributed by atoms with Gasteiger partial charge in [0.25, 0.3) is 5.91 Å². The second kappa shape index (κ2) is 10.8. The molecule has 1 aliphatic carbocycles. The van der Waals surface area contributed by atoms with Gasteiger partial charge >= 0.3 is 0 Å². The second-order valence-electron chi connectivity index (χ2n) is 14.2. The Kier molecular flexibility index (Phi) is 7.15. The Balaban J connectivity index is 1.31. The molecule has 6 unspecified atom stereocenters. The van der Waals surface area contributed by atoms with Crippen molar-refractivity contribution in [1.29, 1.82) is 5.41 Å². The number of nitrogens with zero attached hydrogens (tertiary/aromatic N) is 1. The standard InChI is InChI=1S/C35H44N4O5/c1-5-35-12-6-7-20-13-24(20)21-8-11-29-25(14-21)27(16-34(2,3)44-29)37-32(41)22-9-10-28-26(15-22)31(23(18-42-4)19-43-28)39(30(40)17-35)33(36)38-35/h8-11,14-15,20,23-24,27,31H,5-7,12-13,16-19H2,1-4H3,(H2,36,38)(H,37,41). The van der Waals surface area contributed by atoms with E-state index < -0.39 is 17.2 Å². The number of carbonyl (C=O) groups is 2. The highest BCUT2D eigenvalue weighted by atomic mass is 16.5. The normalized spacial score (nSPS) is 32.1. The summed E-state index contributed by atoms with van der Waals surface area (Å²) >= 11 is 0. The van der Waals surface area contributed by atoms with Gasteiger partial charge in [-0.1, -0.05) is 19.4 Å². The Morgan fingerprint density at radius 3 is 2.70 bits per heavy atom. The summed E-state index contributed by atoms with van der Waals surface area (Å²) in [7, 11) is 1.63. The fraction of sp³-hybridized carbons (Fsp3) is 0.571. The summed E-state index contributed by atoms with van der Waals surface area (Å²) < 4.78 is 18.1. The molecule has 1 saturated heterocycles. The first-order chi connectivity index (χ1) is 21.1.